The molecule has 0 fully saturated rings. The normalized spacial score (nSPS) is 17.9. The summed E-state index contributed by atoms with van der Waals surface area (Å²) in [5, 5.41) is 12.0. The summed E-state index contributed by atoms with van der Waals surface area (Å²) in [6.07, 6.45) is 1.60. The second-order valence-corrected chi connectivity index (χ2v) is 10.8. The van der Waals surface area contributed by atoms with E-state index in [9.17, 15) is 22.8 Å². The van der Waals surface area contributed by atoms with Crippen LogP contribution < -0.4 is 5.32 Å². The van der Waals surface area contributed by atoms with E-state index in [4.69, 9.17) is 16.7 Å². The van der Waals surface area contributed by atoms with Gasteiger partial charge in [-0.3, -0.25) is 14.6 Å². The first-order valence-corrected chi connectivity index (χ1v) is 14.0. The summed E-state index contributed by atoms with van der Waals surface area (Å²) < 4.78 is 40.7. The number of halogens is 4. The Balaban J connectivity index is 1.71. The Morgan fingerprint density at radius 2 is 1.71 bits per heavy atom. The third-order valence-electron chi connectivity index (χ3n) is 7.62. The van der Waals surface area contributed by atoms with E-state index in [0.29, 0.717) is 21.8 Å². The van der Waals surface area contributed by atoms with Crippen molar-refractivity contribution in [1.82, 2.24) is 10.3 Å². The largest absolute Gasteiger partial charge is 0.481 e. The van der Waals surface area contributed by atoms with Crippen LogP contribution in [0.3, 0.4) is 0 Å². The fourth-order valence-electron chi connectivity index (χ4n) is 5.56. The Morgan fingerprint density at radius 3 is 2.32 bits per heavy atom. The number of hydrogen-bond donors (Lipinski definition) is 2. The fraction of sp³-hybridized carbons (Fsp3) is 0.344. The van der Waals surface area contributed by atoms with Gasteiger partial charge in [-0.2, -0.15) is 13.2 Å². The minimum Gasteiger partial charge on any atom is -0.481 e. The van der Waals surface area contributed by atoms with E-state index in [-0.39, 0.29) is 30.7 Å². The zero-order chi connectivity index (χ0) is 29.7. The predicted octanol–water partition coefficient (Wildman–Crippen LogP) is 7.96. The second kappa shape index (κ2) is 12.9. The van der Waals surface area contributed by atoms with Gasteiger partial charge in [0.25, 0.3) is 5.91 Å². The molecule has 3 unspecified atom stereocenters. The molecule has 3 aromatic rings. The average Bonchev–Trinajstić information content (AvgIpc) is 2.93. The van der Waals surface area contributed by atoms with Gasteiger partial charge in [0.1, 0.15) is 0 Å². The van der Waals surface area contributed by atoms with Crippen LogP contribution in [-0.4, -0.2) is 34.7 Å². The van der Waals surface area contributed by atoms with Crippen LogP contribution in [0.2, 0.25) is 5.02 Å². The lowest BCUT2D eigenvalue weighted by molar-refractivity contribution is -0.166. The van der Waals surface area contributed by atoms with E-state index in [1.54, 1.807) is 25.3 Å². The minimum atomic E-state index is -4.34. The standard InChI is InChI=1S/C32H32ClF3N2O3/c1-3-4-26(20-5-7-22(8-6-20)31(41)37-16-15-28(39)40)29(21-9-12-25(33)13-10-21)24-17-23-11-14-27(32(34,35)36)19(2)30(23)38-18-24/h5-14,17-19,26-27,29H,3-4,15-16H2,1-2H3,(H,37,41)(H,39,40)/t19?,26-,27?,29?/m1/s1. The van der Waals surface area contributed by atoms with Gasteiger partial charge in [-0.15, -0.1) is 0 Å². The van der Waals surface area contributed by atoms with Gasteiger partial charge >= 0.3 is 12.1 Å². The molecule has 1 aromatic heterocycles. The first kappa shape index (κ1) is 30.3. The van der Waals surface area contributed by atoms with E-state index >= 15 is 0 Å². The zero-order valence-corrected chi connectivity index (χ0v) is 23.5. The number of aromatic nitrogens is 1. The van der Waals surface area contributed by atoms with Gasteiger partial charge in [-0.25, -0.2) is 0 Å². The molecule has 41 heavy (non-hydrogen) atoms. The molecule has 4 atom stereocenters. The molecule has 0 aliphatic heterocycles. The highest BCUT2D eigenvalue weighted by Gasteiger charge is 2.44. The quantitative estimate of drug-likeness (QED) is 0.253. The van der Waals surface area contributed by atoms with Crippen molar-refractivity contribution in [3.05, 3.63) is 105 Å². The number of rotatable bonds is 10. The lowest BCUT2D eigenvalue weighted by Gasteiger charge is -2.31. The lowest BCUT2D eigenvalue weighted by Crippen LogP contribution is -2.28. The van der Waals surface area contributed by atoms with Crippen molar-refractivity contribution in [2.45, 2.75) is 57.0 Å². The molecule has 1 aliphatic carbocycles. The molecule has 5 nitrogen and oxygen atoms in total. The molecule has 9 heteroatoms. The highest BCUT2D eigenvalue weighted by molar-refractivity contribution is 6.30. The molecule has 2 N–H and O–H groups in total. The molecule has 1 amide bonds. The number of carbonyl (C=O) groups excluding carboxylic acids is 1. The van der Waals surface area contributed by atoms with Gasteiger partial charge in [-0.05, 0) is 64.9 Å². The third kappa shape index (κ3) is 7.17. The van der Waals surface area contributed by atoms with E-state index < -0.39 is 24.0 Å². The molecule has 1 heterocycles. The van der Waals surface area contributed by atoms with Crippen molar-refractivity contribution in [1.29, 1.82) is 0 Å². The Kier molecular flexibility index (Phi) is 9.53. The van der Waals surface area contributed by atoms with Gasteiger partial charge in [0, 0.05) is 35.2 Å². The molecule has 4 rings (SSSR count). The van der Waals surface area contributed by atoms with Crippen LogP contribution in [0.5, 0.6) is 0 Å². The number of nitrogens with zero attached hydrogens (tertiary/aromatic N) is 1. The monoisotopic (exact) mass is 584 g/mol. The van der Waals surface area contributed by atoms with Crippen LogP contribution in [0.25, 0.3) is 6.08 Å². The smallest absolute Gasteiger partial charge is 0.395 e. The summed E-state index contributed by atoms with van der Waals surface area (Å²) in [5.74, 6) is -3.91. The Bertz CT molecular complexity index is 1410. The van der Waals surface area contributed by atoms with E-state index in [1.165, 1.54) is 12.2 Å². The van der Waals surface area contributed by atoms with E-state index in [1.807, 2.05) is 42.5 Å². The summed E-state index contributed by atoms with van der Waals surface area (Å²) in [5.41, 5.74) is 4.39. The van der Waals surface area contributed by atoms with E-state index in [2.05, 4.69) is 17.2 Å². The van der Waals surface area contributed by atoms with Crippen molar-refractivity contribution in [2.75, 3.05) is 6.54 Å². The number of amides is 1. The maximum Gasteiger partial charge on any atom is 0.395 e. The van der Waals surface area contributed by atoms with Crippen LogP contribution >= 0.6 is 11.6 Å². The molecule has 0 spiro atoms. The maximum absolute atomic E-state index is 13.6. The number of alkyl halides is 3. The Morgan fingerprint density at radius 1 is 1.05 bits per heavy atom. The number of allylic oxidation sites excluding steroid dienone is 1. The minimum absolute atomic E-state index is 0.0296. The van der Waals surface area contributed by atoms with Crippen LogP contribution in [0.15, 0.2) is 66.9 Å². The number of carboxylic acids is 1. The lowest BCUT2D eigenvalue weighted by atomic mass is 9.74. The van der Waals surface area contributed by atoms with Gasteiger partial charge in [-0.1, -0.05) is 68.3 Å². The molecule has 0 radical (unpaired) electrons. The maximum atomic E-state index is 13.6. The highest BCUT2D eigenvalue weighted by Crippen LogP contribution is 2.45. The number of aliphatic carboxylic acids is 1. The van der Waals surface area contributed by atoms with Crippen molar-refractivity contribution < 1.29 is 27.9 Å². The molecule has 1 aliphatic rings. The van der Waals surface area contributed by atoms with Gasteiger partial charge in [0.05, 0.1) is 18.0 Å². The zero-order valence-electron chi connectivity index (χ0n) is 22.8. The number of carbonyl (C=O) groups is 2. The molecule has 0 bridgehead atoms. The first-order chi connectivity index (χ1) is 19.5. The number of benzene rings is 2. The predicted molar refractivity (Wildman–Crippen MR) is 153 cm³/mol. The summed E-state index contributed by atoms with van der Waals surface area (Å²) in [7, 11) is 0. The Hall–Kier alpha value is -3.65. The van der Waals surface area contributed by atoms with Crippen molar-refractivity contribution in [2.24, 2.45) is 5.92 Å². The van der Waals surface area contributed by atoms with Gasteiger partial charge in [0.2, 0.25) is 0 Å². The molecular formula is C32H32ClF3N2O3. The van der Waals surface area contributed by atoms with Crippen LogP contribution in [0.4, 0.5) is 13.2 Å². The van der Waals surface area contributed by atoms with Crippen LogP contribution in [0.1, 0.15) is 89.2 Å². The van der Waals surface area contributed by atoms with Crippen LogP contribution in [-0.2, 0) is 4.79 Å². The summed E-state index contributed by atoms with van der Waals surface area (Å²) in [6.45, 7) is 3.68. The summed E-state index contributed by atoms with van der Waals surface area (Å²) >= 11 is 6.20. The number of fused-ring (bicyclic) bond motifs is 1. The number of pyridine rings is 1. The first-order valence-electron chi connectivity index (χ1n) is 13.6. The van der Waals surface area contributed by atoms with Gasteiger partial charge < -0.3 is 10.4 Å². The number of hydrogen-bond acceptors (Lipinski definition) is 3. The number of nitrogens with one attached hydrogen (secondary N) is 1. The third-order valence-corrected chi connectivity index (χ3v) is 7.87. The topological polar surface area (TPSA) is 79.3 Å². The van der Waals surface area contributed by atoms with Gasteiger partial charge in [0.15, 0.2) is 0 Å². The van der Waals surface area contributed by atoms with E-state index in [0.717, 1.165) is 29.5 Å². The SMILES string of the molecule is CCC[C@H](c1ccc(C(=O)NCCC(=O)O)cc1)C(c1ccc(Cl)cc1)c1cnc2c(c1)C=CC(C(F)(F)F)C2C. The highest BCUT2D eigenvalue weighted by atomic mass is 35.5. The molecule has 0 saturated heterocycles. The summed E-state index contributed by atoms with van der Waals surface area (Å²) in [6, 6.07) is 16.7. The molecular weight excluding hydrogens is 553 g/mol. The van der Waals surface area contributed by atoms with Crippen molar-refractivity contribution in [3.63, 3.8) is 0 Å². The Labute approximate surface area is 242 Å². The number of carboxylic acid groups (broad SMARTS) is 1. The molecule has 216 valence electrons. The fourth-order valence-corrected chi connectivity index (χ4v) is 5.69. The molecule has 0 saturated carbocycles. The van der Waals surface area contributed by atoms with Crippen LogP contribution in [0, 0.1) is 5.92 Å². The van der Waals surface area contributed by atoms with Crippen molar-refractivity contribution >= 4 is 29.6 Å². The van der Waals surface area contributed by atoms with Crippen molar-refractivity contribution in [3.8, 4) is 0 Å². The molecule has 2 aromatic carbocycles. The second-order valence-electron chi connectivity index (χ2n) is 10.4. The summed E-state index contributed by atoms with van der Waals surface area (Å²) in [4.78, 5) is 27.8. The average molecular weight is 585 g/mol.